The van der Waals surface area contributed by atoms with Crippen molar-refractivity contribution >= 4 is 32.1 Å². The van der Waals surface area contributed by atoms with Gasteiger partial charge in [0, 0.05) is 20.3 Å². The molecule has 2 aromatic heterocycles. The van der Waals surface area contributed by atoms with Gasteiger partial charge in [-0.15, -0.1) is 22.7 Å². The Hall–Kier alpha value is -0.380. The number of thiophene rings is 2. The average molecular weight is 267 g/mol. The maximum absolute atomic E-state index is 3.62. The summed E-state index contributed by atoms with van der Waals surface area (Å²) in [5.74, 6) is 0.789. The molecular formula is C14H21NS2. The summed E-state index contributed by atoms with van der Waals surface area (Å²) in [6.45, 7) is 7.85. The third-order valence-corrected chi connectivity index (χ3v) is 5.19. The zero-order valence-electron chi connectivity index (χ0n) is 10.8. The minimum atomic E-state index is 0.548. The van der Waals surface area contributed by atoms with Gasteiger partial charge in [-0.05, 0) is 42.8 Å². The Morgan fingerprint density at radius 3 is 2.71 bits per heavy atom. The van der Waals surface area contributed by atoms with Gasteiger partial charge in [0.25, 0.3) is 0 Å². The Morgan fingerprint density at radius 2 is 2.06 bits per heavy atom. The lowest BCUT2D eigenvalue weighted by atomic mass is 10.0. The number of fused-ring (bicyclic) bond motifs is 1. The highest BCUT2D eigenvalue weighted by atomic mass is 32.1. The van der Waals surface area contributed by atoms with E-state index in [0.29, 0.717) is 6.04 Å². The monoisotopic (exact) mass is 267 g/mol. The van der Waals surface area contributed by atoms with Crippen LogP contribution < -0.4 is 5.32 Å². The maximum Gasteiger partial charge on any atom is 0.0454 e. The molecule has 0 bridgehead atoms. The number of hydrogen-bond donors (Lipinski definition) is 1. The highest BCUT2D eigenvalue weighted by Crippen LogP contribution is 2.35. The van der Waals surface area contributed by atoms with Crippen molar-refractivity contribution in [3.63, 3.8) is 0 Å². The maximum atomic E-state index is 3.62. The predicted octanol–water partition coefficient (Wildman–Crippen LogP) is 5.05. The van der Waals surface area contributed by atoms with E-state index in [0.717, 1.165) is 12.5 Å². The summed E-state index contributed by atoms with van der Waals surface area (Å²) in [6, 6.07) is 5.16. The van der Waals surface area contributed by atoms with Crippen molar-refractivity contribution in [2.45, 2.75) is 39.7 Å². The van der Waals surface area contributed by atoms with Gasteiger partial charge in [0.05, 0.1) is 0 Å². The summed E-state index contributed by atoms with van der Waals surface area (Å²) < 4.78 is 2.88. The van der Waals surface area contributed by atoms with E-state index >= 15 is 0 Å². The Morgan fingerprint density at radius 1 is 1.24 bits per heavy atom. The Balaban J connectivity index is 2.11. The lowest BCUT2D eigenvalue weighted by molar-refractivity contribution is 0.453. The fourth-order valence-electron chi connectivity index (χ4n) is 2.05. The van der Waals surface area contributed by atoms with Gasteiger partial charge in [-0.25, -0.2) is 0 Å². The van der Waals surface area contributed by atoms with E-state index in [1.54, 1.807) is 0 Å². The second-order valence-electron chi connectivity index (χ2n) is 4.88. The number of hydrogen-bond acceptors (Lipinski definition) is 3. The van der Waals surface area contributed by atoms with E-state index in [1.165, 1.54) is 27.1 Å². The van der Waals surface area contributed by atoms with Crippen LogP contribution in [0.1, 0.15) is 44.5 Å². The Bertz CT molecular complexity index is 427. The molecule has 2 rings (SSSR count). The summed E-state index contributed by atoms with van der Waals surface area (Å²) in [5.41, 5.74) is 0. The highest BCUT2D eigenvalue weighted by molar-refractivity contribution is 7.26. The van der Waals surface area contributed by atoms with E-state index in [-0.39, 0.29) is 0 Å². The first-order valence-electron chi connectivity index (χ1n) is 6.41. The molecule has 17 heavy (non-hydrogen) atoms. The third-order valence-electron chi connectivity index (χ3n) is 2.99. The zero-order chi connectivity index (χ0) is 12.3. The molecule has 1 N–H and O–H groups in total. The molecule has 2 heterocycles. The van der Waals surface area contributed by atoms with Gasteiger partial charge in [0.1, 0.15) is 0 Å². The van der Waals surface area contributed by atoms with Crippen LogP contribution in [0.2, 0.25) is 0 Å². The van der Waals surface area contributed by atoms with Gasteiger partial charge < -0.3 is 5.32 Å². The van der Waals surface area contributed by atoms with Crippen molar-refractivity contribution in [2.24, 2.45) is 5.92 Å². The van der Waals surface area contributed by atoms with Crippen LogP contribution in [0, 0.1) is 5.92 Å². The Kier molecular flexibility index (Phi) is 4.60. The summed E-state index contributed by atoms with van der Waals surface area (Å²) in [5, 5.41) is 5.80. The quantitative estimate of drug-likeness (QED) is 0.772. The normalized spacial score (nSPS) is 13.6. The molecule has 2 aromatic rings. The van der Waals surface area contributed by atoms with Crippen molar-refractivity contribution in [1.29, 1.82) is 0 Å². The topological polar surface area (TPSA) is 12.0 Å². The standard InChI is InChI=1S/C14H21NS2/c1-4-15-11(6-5-10(2)3)13-9-14-12(17-13)7-8-16-14/h7-11,15H,4-6H2,1-3H3. The second kappa shape index (κ2) is 5.98. The highest BCUT2D eigenvalue weighted by Gasteiger charge is 2.14. The number of nitrogens with one attached hydrogen (secondary N) is 1. The van der Waals surface area contributed by atoms with Crippen LogP contribution in [-0.2, 0) is 0 Å². The molecule has 0 fully saturated rings. The van der Waals surface area contributed by atoms with Crippen molar-refractivity contribution in [3.05, 3.63) is 22.4 Å². The van der Waals surface area contributed by atoms with Crippen molar-refractivity contribution in [2.75, 3.05) is 6.54 Å². The fourth-order valence-corrected chi connectivity index (χ4v) is 4.28. The fraction of sp³-hybridized carbons (Fsp3) is 0.571. The summed E-state index contributed by atoms with van der Waals surface area (Å²) in [7, 11) is 0. The van der Waals surface area contributed by atoms with Crippen LogP contribution in [0.3, 0.4) is 0 Å². The molecule has 3 heteroatoms. The van der Waals surface area contributed by atoms with E-state index in [4.69, 9.17) is 0 Å². The van der Waals surface area contributed by atoms with Gasteiger partial charge in [-0.1, -0.05) is 20.8 Å². The molecule has 1 atom stereocenters. The van der Waals surface area contributed by atoms with E-state index in [1.807, 2.05) is 22.7 Å². The van der Waals surface area contributed by atoms with Crippen LogP contribution in [0.4, 0.5) is 0 Å². The first-order chi connectivity index (χ1) is 8.20. The van der Waals surface area contributed by atoms with Crippen molar-refractivity contribution in [1.82, 2.24) is 5.32 Å². The largest absolute Gasteiger partial charge is 0.310 e. The van der Waals surface area contributed by atoms with E-state index < -0.39 is 0 Å². The van der Waals surface area contributed by atoms with Gasteiger partial charge in [0.2, 0.25) is 0 Å². The SMILES string of the molecule is CCNC(CCC(C)C)c1cc2sccc2s1. The summed E-state index contributed by atoms with van der Waals surface area (Å²) in [4.78, 5) is 1.51. The molecule has 0 spiro atoms. The zero-order valence-corrected chi connectivity index (χ0v) is 12.5. The molecule has 0 saturated heterocycles. The van der Waals surface area contributed by atoms with Gasteiger partial charge in [-0.3, -0.25) is 0 Å². The molecule has 0 aliphatic carbocycles. The minimum Gasteiger partial charge on any atom is -0.310 e. The summed E-state index contributed by atoms with van der Waals surface area (Å²) >= 11 is 3.80. The van der Waals surface area contributed by atoms with Crippen LogP contribution in [0.15, 0.2) is 17.5 Å². The molecule has 0 radical (unpaired) electrons. The number of rotatable bonds is 6. The van der Waals surface area contributed by atoms with Crippen LogP contribution >= 0.6 is 22.7 Å². The molecule has 0 aliphatic heterocycles. The van der Waals surface area contributed by atoms with E-state index in [9.17, 15) is 0 Å². The molecular weight excluding hydrogens is 246 g/mol. The van der Waals surface area contributed by atoms with Crippen molar-refractivity contribution in [3.8, 4) is 0 Å². The van der Waals surface area contributed by atoms with Crippen LogP contribution in [-0.4, -0.2) is 6.54 Å². The van der Waals surface area contributed by atoms with Gasteiger partial charge >= 0.3 is 0 Å². The first-order valence-corrected chi connectivity index (χ1v) is 8.10. The lowest BCUT2D eigenvalue weighted by Gasteiger charge is -2.17. The molecule has 0 aromatic carbocycles. The molecule has 1 nitrogen and oxygen atoms in total. The molecule has 0 saturated carbocycles. The van der Waals surface area contributed by atoms with Crippen molar-refractivity contribution < 1.29 is 0 Å². The van der Waals surface area contributed by atoms with E-state index in [2.05, 4.69) is 43.6 Å². The first kappa shape index (κ1) is 13.1. The molecule has 94 valence electrons. The summed E-state index contributed by atoms with van der Waals surface area (Å²) in [6.07, 6.45) is 2.54. The average Bonchev–Trinajstić information content (AvgIpc) is 2.83. The lowest BCUT2D eigenvalue weighted by Crippen LogP contribution is -2.20. The predicted molar refractivity (Wildman–Crippen MR) is 80.2 cm³/mol. The van der Waals surface area contributed by atoms with Gasteiger partial charge in [0.15, 0.2) is 0 Å². The molecule has 1 unspecified atom stereocenters. The third kappa shape index (κ3) is 3.30. The molecule has 0 aliphatic rings. The second-order valence-corrected chi connectivity index (χ2v) is 6.94. The van der Waals surface area contributed by atoms with Gasteiger partial charge in [-0.2, -0.15) is 0 Å². The van der Waals surface area contributed by atoms with Crippen LogP contribution in [0.25, 0.3) is 9.40 Å². The van der Waals surface area contributed by atoms with Crippen LogP contribution in [0.5, 0.6) is 0 Å². The smallest absolute Gasteiger partial charge is 0.0454 e. The minimum absolute atomic E-state index is 0.548. The molecule has 0 amide bonds. The Labute approximate surface area is 112 Å².